The van der Waals surface area contributed by atoms with Crippen molar-refractivity contribution in [2.75, 3.05) is 20.2 Å². The zero-order valence-corrected chi connectivity index (χ0v) is 20.8. The second-order valence-corrected chi connectivity index (χ2v) is 10.7. The molecule has 0 aromatic carbocycles. The van der Waals surface area contributed by atoms with Crippen LogP contribution in [0.3, 0.4) is 0 Å². The summed E-state index contributed by atoms with van der Waals surface area (Å²) in [4.78, 5) is 38.3. The van der Waals surface area contributed by atoms with Gasteiger partial charge in [-0.05, 0) is 84.0 Å². The molecule has 0 atom stereocenters. The van der Waals surface area contributed by atoms with Crippen molar-refractivity contribution in [3.8, 4) is 0 Å². The lowest BCUT2D eigenvalue weighted by Crippen LogP contribution is -2.42. The molecule has 0 radical (unpaired) electrons. The number of aryl methyl sites for hydroxylation is 1. The summed E-state index contributed by atoms with van der Waals surface area (Å²) >= 11 is 0. The summed E-state index contributed by atoms with van der Waals surface area (Å²) in [5.74, 6) is 0.926. The van der Waals surface area contributed by atoms with Crippen LogP contribution in [0.25, 0.3) is 0 Å². The third kappa shape index (κ3) is 7.37. The van der Waals surface area contributed by atoms with Gasteiger partial charge in [0, 0.05) is 44.5 Å². The van der Waals surface area contributed by atoms with Gasteiger partial charge in [-0.25, -0.2) is 9.59 Å². The van der Waals surface area contributed by atoms with E-state index in [4.69, 9.17) is 9.47 Å². The van der Waals surface area contributed by atoms with Gasteiger partial charge in [-0.3, -0.25) is 13.9 Å². The van der Waals surface area contributed by atoms with Crippen LogP contribution in [0.1, 0.15) is 84.6 Å². The first-order chi connectivity index (χ1) is 15.7. The monoisotopic (exact) mass is 463 g/mol. The summed E-state index contributed by atoms with van der Waals surface area (Å²) < 4.78 is 14.0. The van der Waals surface area contributed by atoms with Gasteiger partial charge in [-0.1, -0.05) is 0 Å². The lowest BCUT2D eigenvalue weighted by molar-refractivity contribution is -0.141. The molecule has 1 aromatic rings. The number of esters is 1. The summed E-state index contributed by atoms with van der Waals surface area (Å²) in [7, 11) is 1.43. The third-order valence-corrected chi connectivity index (χ3v) is 7.11. The number of carbonyl (C=O) groups is 2. The maximum Gasteiger partial charge on any atom is 0.410 e. The number of rotatable bonds is 7. The van der Waals surface area contributed by atoms with Crippen molar-refractivity contribution in [3.05, 3.63) is 22.9 Å². The molecule has 3 rings (SSSR count). The van der Waals surface area contributed by atoms with Crippen molar-refractivity contribution in [3.63, 3.8) is 0 Å². The Hall–Kier alpha value is -2.25. The summed E-state index contributed by atoms with van der Waals surface area (Å²) in [6, 6.07) is 0.255. The molecule has 33 heavy (non-hydrogen) atoms. The molecule has 1 amide bonds. The van der Waals surface area contributed by atoms with Crippen LogP contribution in [0.4, 0.5) is 4.79 Å². The highest BCUT2D eigenvalue weighted by Crippen LogP contribution is 2.34. The zero-order valence-electron chi connectivity index (χ0n) is 20.8. The van der Waals surface area contributed by atoms with Crippen molar-refractivity contribution in [1.29, 1.82) is 0 Å². The molecule has 8 nitrogen and oxygen atoms in total. The van der Waals surface area contributed by atoms with Crippen LogP contribution in [0.5, 0.6) is 0 Å². The van der Waals surface area contributed by atoms with E-state index >= 15 is 0 Å². The zero-order chi connectivity index (χ0) is 24.0. The van der Waals surface area contributed by atoms with E-state index < -0.39 is 5.60 Å². The Morgan fingerprint density at radius 2 is 1.61 bits per heavy atom. The Labute approximate surface area is 197 Å². The van der Waals surface area contributed by atoms with Crippen molar-refractivity contribution < 1.29 is 19.1 Å². The fourth-order valence-corrected chi connectivity index (χ4v) is 5.06. The van der Waals surface area contributed by atoms with E-state index in [9.17, 15) is 14.4 Å². The van der Waals surface area contributed by atoms with E-state index in [-0.39, 0.29) is 23.8 Å². The maximum absolute atomic E-state index is 12.9. The number of hydrogen-bond acceptors (Lipinski definition) is 5. The molecule has 1 saturated heterocycles. The molecule has 2 aliphatic rings. The third-order valence-electron chi connectivity index (χ3n) is 7.11. The van der Waals surface area contributed by atoms with Gasteiger partial charge in [0.25, 0.3) is 0 Å². The second-order valence-electron chi connectivity index (χ2n) is 10.7. The molecule has 0 spiro atoms. The number of amides is 1. The van der Waals surface area contributed by atoms with Crippen LogP contribution in [-0.2, 0) is 20.8 Å². The van der Waals surface area contributed by atoms with E-state index in [0.717, 1.165) is 57.9 Å². The number of piperidine rings is 1. The Morgan fingerprint density at radius 1 is 0.970 bits per heavy atom. The van der Waals surface area contributed by atoms with Gasteiger partial charge in [0.15, 0.2) is 0 Å². The van der Waals surface area contributed by atoms with Crippen LogP contribution in [0.15, 0.2) is 17.2 Å². The molecular weight excluding hydrogens is 422 g/mol. The van der Waals surface area contributed by atoms with Gasteiger partial charge in [0.1, 0.15) is 5.60 Å². The fraction of sp³-hybridized carbons (Fsp3) is 0.800. The highest BCUT2D eigenvalue weighted by molar-refractivity contribution is 5.69. The van der Waals surface area contributed by atoms with Gasteiger partial charge in [0.05, 0.1) is 7.11 Å². The molecular formula is C25H41N3O5. The minimum Gasteiger partial charge on any atom is -0.469 e. The minimum atomic E-state index is -0.468. The molecule has 1 aliphatic carbocycles. The van der Waals surface area contributed by atoms with Gasteiger partial charge >= 0.3 is 17.8 Å². The number of carbonyl (C=O) groups excluding carboxylic acids is 2. The number of nitrogens with zero attached hydrogens (tertiary/aromatic N) is 3. The van der Waals surface area contributed by atoms with E-state index in [1.807, 2.05) is 42.3 Å². The molecule has 1 aromatic heterocycles. The molecule has 8 heteroatoms. The summed E-state index contributed by atoms with van der Waals surface area (Å²) in [5, 5.41) is 0. The van der Waals surface area contributed by atoms with Crippen molar-refractivity contribution in [1.82, 2.24) is 14.0 Å². The Kier molecular flexibility index (Phi) is 8.65. The Morgan fingerprint density at radius 3 is 2.21 bits per heavy atom. The average molecular weight is 464 g/mol. The molecule has 2 heterocycles. The topological polar surface area (TPSA) is 82.8 Å². The van der Waals surface area contributed by atoms with Gasteiger partial charge in [0.2, 0.25) is 0 Å². The molecule has 0 bridgehead atoms. The number of aromatic nitrogens is 2. The minimum absolute atomic E-state index is 0.0826. The van der Waals surface area contributed by atoms with Crippen LogP contribution in [0, 0.1) is 11.8 Å². The number of methoxy groups -OCH3 is 1. The van der Waals surface area contributed by atoms with Gasteiger partial charge < -0.3 is 14.4 Å². The quantitative estimate of drug-likeness (QED) is 0.561. The molecule has 0 unspecified atom stereocenters. The van der Waals surface area contributed by atoms with Crippen molar-refractivity contribution >= 4 is 12.1 Å². The van der Waals surface area contributed by atoms with Gasteiger partial charge in [-0.15, -0.1) is 0 Å². The highest BCUT2D eigenvalue weighted by Gasteiger charge is 2.27. The van der Waals surface area contributed by atoms with E-state index in [1.54, 1.807) is 4.90 Å². The molecule has 1 aliphatic heterocycles. The molecule has 0 N–H and O–H groups in total. The lowest BCUT2D eigenvalue weighted by atomic mass is 9.83. The largest absolute Gasteiger partial charge is 0.469 e. The first kappa shape index (κ1) is 25.4. The van der Waals surface area contributed by atoms with Crippen LogP contribution in [-0.4, -0.2) is 51.9 Å². The SMILES string of the molecule is COC(=O)CCC1CCC(n2ccn(CCC3CCN(C(=O)OC(C)(C)C)CC3)c2=O)CC1. The second kappa shape index (κ2) is 11.3. The van der Waals surface area contributed by atoms with Crippen LogP contribution >= 0.6 is 0 Å². The number of hydrogen-bond donors (Lipinski definition) is 0. The van der Waals surface area contributed by atoms with Crippen molar-refractivity contribution in [2.24, 2.45) is 11.8 Å². The predicted molar refractivity (Wildman–Crippen MR) is 126 cm³/mol. The first-order valence-electron chi connectivity index (χ1n) is 12.5. The predicted octanol–water partition coefficient (Wildman–Crippen LogP) is 4.37. The maximum atomic E-state index is 12.9. The van der Waals surface area contributed by atoms with E-state index in [0.29, 0.717) is 31.3 Å². The van der Waals surface area contributed by atoms with Crippen LogP contribution in [0.2, 0.25) is 0 Å². The number of ether oxygens (including phenoxy) is 2. The molecule has 1 saturated carbocycles. The number of likely N-dealkylation sites (tertiary alicyclic amines) is 1. The van der Waals surface area contributed by atoms with E-state index in [2.05, 4.69) is 0 Å². The molecule has 2 fully saturated rings. The highest BCUT2D eigenvalue weighted by atomic mass is 16.6. The van der Waals surface area contributed by atoms with E-state index in [1.165, 1.54) is 7.11 Å². The van der Waals surface area contributed by atoms with Crippen LogP contribution < -0.4 is 5.69 Å². The normalized spacial score (nSPS) is 22.2. The summed E-state index contributed by atoms with van der Waals surface area (Å²) in [6.07, 6.45) is 11.9. The van der Waals surface area contributed by atoms with Gasteiger partial charge in [-0.2, -0.15) is 0 Å². The first-order valence-corrected chi connectivity index (χ1v) is 12.5. The summed E-state index contributed by atoms with van der Waals surface area (Å²) in [6.45, 7) is 7.82. The Bertz CT molecular complexity index is 837. The summed E-state index contributed by atoms with van der Waals surface area (Å²) in [5.41, 5.74) is -0.385. The fourth-order valence-electron chi connectivity index (χ4n) is 5.06. The standard InChI is InChI=1S/C25H41N3O5/c1-25(2,3)33-24(31)27-15-12-20(13-16-27)11-14-26-17-18-28(23(26)30)21-8-5-19(6-9-21)7-10-22(29)32-4/h17-21H,5-16H2,1-4H3. The Balaban J connectivity index is 1.42. The smallest absolute Gasteiger partial charge is 0.410 e. The lowest BCUT2D eigenvalue weighted by Gasteiger charge is -2.33. The van der Waals surface area contributed by atoms with Crippen molar-refractivity contribution in [2.45, 2.75) is 96.7 Å². The number of imidazole rings is 1. The average Bonchev–Trinajstić information content (AvgIpc) is 3.15. The molecule has 186 valence electrons.